The lowest BCUT2D eigenvalue weighted by Crippen LogP contribution is -2.45. The van der Waals surface area contributed by atoms with Gasteiger partial charge in [0.05, 0.1) is 29.7 Å². The van der Waals surface area contributed by atoms with E-state index in [9.17, 15) is 0 Å². The number of ether oxygens (including phenoxy) is 1. The molecule has 21 heavy (non-hydrogen) atoms. The van der Waals surface area contributed by atoms with E-state index in [1.165, 1.54) is 0 Å². The molecule has 2 aromatic rings. The molecule has 3 N–H and O–H groups in total. The summed E-state index contributed by atoms with van der Waals surface area (Å²) in [6.45, 7) is 6.34. The van der Waals surface area contributed by atoms with Crippen molar-refractivity contribution in [3.8, 4) is 5.69 Å². The number of methoxy groups -OCH3 is 1. The number of nitrogens with one attached hydrogen (secondary N) is 1. The molecule has 0 spiro atoms. The predicted octanol–water partition coefficient (Wildman–Crippen LogP) is 1.83. The highest BCUT2D eigenvalue weighted by Crippen LogP contribution is 2.32. The maximum atomic E-state index is 5.79. The average molecular weight is 289 g/mol. The molecule has 1 heterocycles. The van der Waals surface area contributed by atoms with Crippen molar-refractivity contribution < 1.29 is 4.74 Å². The molecular weight excluding hydrogens is 266 g/mol. The lowest BCUT2D eigenvalue weighted by molar-refractivity contribution is -0.0135. The molecule has 0 radical (unpaired) electrons. The number of benzene rings is 1. The Labute approximate surface area is 125 Å². The molecule has 6 nitrogen and oxygen atoms in total. The summed E-state index contributed by atoms with van der Waals surface area (Å²) < 4.78 is 7.45. The highest BCUT2D eigenvalue weighted by atomic mass is 16.5. The van der Waals surface area contributed by atoms with Crippen LogP contribution in [0.2, 0.25) is 0 Å². The summed E-state index contributed by atoms with van der Waals surface area (Å²) >= 11 is 0. The summed E-state index contributed by atoms with van der Waals surface area (Å²) in [5, 5.41) is 8.20. The van der Waals surface area contributed by atoms with Gasteiger partial charge in [-0.15, -0.1) is 5.10 Å². The SMILES string of the molecule is COC(C(NN)c1cnnn1-c1ccccc1)C(C)(C)C. The van der Waals surface area contributed by atoms with Gasteiger partial charge in [-0.3, -0.25) is 5.84 Å². The molecule has 1 aromatic carbocycles. The minimum atomic E-state index is -0.217. The van der Waals surface area contributed by atoms with Crippen molar-refractivity contribution in [2.24, 2.45) is 11.3 Å². The Kier molecular flexibility index (Phi) is 4.72. The van der Waals surface area contributed by atoms with Gasteiger partial charge in [0.1, 0.15) is 0 Å². The Morgan fingerprint density at radius 2 is 1.90 bits per heavy atom. The quantitative estimate of drug-likeness (QED) is 0.648. The predicted molar refractivity (Wildman–Crippen MR) is 81.7 cm³/mol. The number of hydrogen-bond donors (Lipinski definition) is 2. The monoisotopic (exact) mass is 289 g/mol. The summed E-state index contributed by atoms with van der Waals surface area (Å²) in [5.74, 6) is 5.79. The summed E-state index contributed by atoms with van der Waals surface area (Å²) in [4.78, 5) is 0. The highest BCUT2D eigenvalue weighted by Gasteiger charge is 2.35. The number of nitrogens with zero attached hydrogens (tertiary/aromatic N) is 3. The zero-order valence-electron chi connectivity index (χ0n) is 12.9. The third-order valence-electron chi connectivity index (χ3n) is 3.48. The van der Waals surface area contributed by atoms with Crippen molar-refractivity contribution >= 4 is 0 Å². The first kappa shape index (κ1) is 15.6. The van der Waals surface area contributed by atoms with Gasteiger partial charge in [-0.05, 0) is 17.5 Å². The van der Waals surface area contributed by atoms with Crippen LogP contribution in [-0.2, 0) is 4.74 Å². The highest BCUT2D eigenvalue weighted by molar-refractivity contribution is 5.32. The maximum Gasteiger partial charge on any atom is 0.0916 e. The second kappa shape index (κ2) is 6.34. The van der Waals surface area contributed by atoms with E-state index in [-0.39, 0.29) is 17.6 Å². The van der Waals surface area contributed by atoms with Crippen LogP contribution in [0.25, 0.3) is 5.69 Å². The summed E-state index contributed by atoms with van der Waals surface area (Å²) in [6.07, 6.45) is 1.60. The lowest BCUT2D eigenvalue weighted by Gasteiger charge is -2.35. The Balaban J connectivity index is 2.43. The minimum Gasteiger partial charge on any atom is -0.379 e. The normalized spacial score (nSPS) is 14.9. The van der Waals surface area contributed by atoms with Crippen LogP contribution in [0.5, 0.6) is 0 Å². The van der Waals surface area contributed by atoms with E-state index in [2.05, 4.69) is 36.5 Å². The Morgan fingerprint density at radius 3 is 2.43 bits per heavy atom. The Hall–Kier alpha value is -1.76. The maximum absolute atomic E-state index is 5.79. The van der Waals surface area contributed by atoms with Crippen LogP contribution in [-0.4, -0.2) is 28.2 Å². The molecule has 0 bridgehead atoms. The van der Waals surface area contributed by atoms with Gasteiger partial charge in [0.2, 0.25) is 0 Å². The molecule has 114 valence electrons. The van der Waals surface area contributed by atoms with Crippen LogP contribution in [0.4, 0.5) is 0 Å². The van der Waals surface area contributed by atoms with Gasteiger partial charge in [-0.1, -0.05) is 44.2 Å². The van der Waals surface area contributed by atoms with Crippen LogP contribution in [0.1, 0.15) is 32.5 Å². The first-order valence-corrected chi connectivity index (χ1v) is 6.94. The van der Waals surface area contributed by atoms with Crippen LogP contribution < -0.4 is 11.3 Å². The summed E-state index contributed by atoms with van der Waals surface area (Å²) in [5.41, 5.74) is 4.57. The largest absolute Gasteiger partial charge is 0.379 e. The molecule has 0 saturated carbocycles. The summed E-state index contributed by atoms with van der Waals surface area (Å²) in [7, 11) is 1.69. The molecule has 2 unspecified atom stereocenters. The molecular formula is C15H23N5O. The van der Waals surface area contributed by atoms with Crippen molar-refractivity contribution in [3.05, 3.63) is 42.2 Å². The number of rotatable bonds is 5. The third-order valence-corrected chi connectivity index (χ3v) is 3.48. The third kappa shape index (κ3) is 3.29. The molecule has 0 fully saturated rings. The van der Waals surface area contributed by atoms with E-state index >= 15 is 0 Å². The minimum absolute atomic E-state index is 0.0857. The molecule has 1 aromatic heterocycles. The van der Waals surface area contributed by atoms with Crippen LogP contribution >= 0.6 is 0 Å². The molecule has 0 saturated heterocycles. The van der Waals surface area contributed by atoms with Crippen molar-refractivity contribution in [1.82, 2.24) is 20.4 Å². The van der Waals surface area contributed by atoms with Crippen LogP contribution in [0.3, 0.4) is 0 Å². The van der Waals surface area contributed by atoms with Crippen LogP contribution in [0, 0.1) is 5.41 Å². The zero-order chi connectivity index (χ0) is 15.5. The van der Waals surface area contributed by atoms with E-state index in [0.717, 1.165) is 11.4 Å². The molecule has 6 heteroatoms. The van der Waals surface area contributed by atoms with Crippen molar-refractivity contribution in [1.29, 1.82) is 0 Å². The van der Waals surface area contributed by atoms with Gasteiger partial charge in [0, 0.05) is 7.11 Å². The molecule has 0 amide bonds. The topological polar surface area (TPSA) is 78.0 Å². The molecule has 0 aliphatic heterocycles. The van der Waals surface area contributed by atoms with E-state index in [1.54, 1.807) is 18.0 Å². The van der Waals surface area contributed by atoms with E-state index < -0.39 is 0 Å². The Morgan fingerprint density at radius 1 is 1.24 bits per heavy atom. The van der Waals surface area contributed by atoms with Gasteiger partial charge in [-0.25, -0.2) is 10.1 Å². The van der Waals surface area contributed by atoms with E-state index in [0.29, 0.717) is 0 Å². The smallest absolute Gasteiger partial charge is 0.0916 e. The number of hydrogen-bond acceptors (Lipinski definition) is 5. The molecule has 0 aliphatic carbocycles. The van der Waals surface area contributed by atoms with E-state index in [1.807, 2.05) is 30.3 Å². The number of nitrogens with two attached hydrogens (primary N) is 1. The zero-order valence-corrected chi connectivity index (χ0v) is 12.9. The van der Waals surface area contributed by atoms with Gasteiger partial charge >= 0.3 is 0 Å². The molecule has 2 atom stereocenters. The summed E-state index contributed by atoms with van der Waals surface area (Å²) in [6, 6.07) is 9.62. The standard InChI is InChI=1S/C15H23N5O/c1-15(2,3)14(21-4)13(18-16)12-10-17-19-20(12)11-8-6-5-7-9-11/h5-10,13-14,18H,16H2,1-4H3. The van der Waals surface area contributed by atoms with Crippen molar-refractivity contribution in [3.63, 3.8) is 0 Å². The van der Waals surface area contributed by atoms with Gasteiger partial charge in [0.25, 0.3) is 0 Å². The second-order valence-corrected chi connectivity index (χ2v) is 6.07. The van der Waals surface area contributed by atoms with Crippen LogP contribution in [0.15, 0.2) is 36.5 Å². The first-order valence-electron chi connectivity index (χ1n) is 6.94. The average Bonchev–Trinajstić information content (AvgIpc) is 2.93. The Bertz CT molecular complexity index is 561. The fraction of sp³-hybridized carbons (Fsp3) is 0.467. The molecule has 2 rings (SSSR count). The van der Waals surface area contributed by atoms with E-state index in [4.69, 9.17) is 10.6 Å². The van der Waals surface area contributed by atoms with Crippen molar-refractivity contribution in [2.45, 2.75) is 32.9 Å². The fourth-order valence-corrected chi connectivity index (χ4v) is 2.54. The number of para-hydroxylation sites is 1. The number of hydrazine groups is 1. The van der Waals surface area contributed by atoms with Gasteiger partial charge in [0.15, 0.2) is 0 Å². The lowest BCUT2D eigenvalue weighted by atomic mass is 9.83. The molecule has 0 aliphatic rings. The van der Waals surface area contributed by atoms with Gasteiger partial charge in [-0.2, -0.15) is 0 Å². The van der Waals surface area contributed by atoms with Gasteiger partial charge < -0.3 is 4.74 Å². The van der Waals surface area contributed by atoms with Crippen molar-refractivity contribution in [2.75, 3.05) is 7.11 Å². The number of aromatic nitrogens is 3. The fourth-order valence-electron chi connectivity index (χ4n) is 2.54. The second-order valence-electron chi connectivity index (χ2n) is 6.07. The first-order chi connectivity index (χ1) is 9.99.